The molecule has 0 spiro atoms. The highest BCUT2D eigenvalue weighted by Gasteiger charge is 2.27. The van der Waals surface area contributed by atoms with Gasteiger partial charge in [0.2, 0.25) is 0 Å². The molecule has 2 aromatic carbocycles. The second kappa shape index (κ2) is 7.39. The second-order valence-corrected chi connectivity index (χ2v) is 7.59. The average molecular weight is 370 g/mol. The van der Waals surface area contributed by atoms with Crippen molar-refractivity contribution in [3.63, 3.8) is 0 Å². The maximum absolute atomic E-state index is 6.58. The summed E-state index contributed by atoms with van der Waals surface area (Å²) in [4.78, 5) is 10.6. The van der Waals surface area contributed by atoms with E-state index >= 15 is 0 Å². The van der Waals surface area contributed by atoms with Crippen molar-refractivity contribution in [2.24, 2.45) is 0 Å². The molecule has 0 radical (unpaired) electrons. The Hall–Kier alpha value is -1.88. The van der Waals surface area contributed by atoms with Crippen LogP contribution in [0.4, 0.5) is 0 Å². The molecular weight excluding hydrogens is 346 g/mol. The monoisotopic (exact) mass is 369 g/mol. The van der Waals surface area contributed by atoms with Crippen LogP contribution >= 0.6 is 11.6 Å². The molecule has 1 aliphatic rings. The summed E-state index contributed by atoms with van der Waals surface area (Å²) >= 11 is 6.58. The first kappa shape index (κ1) is 17.5. The molecule has 1 unspecified atom stereocenters. The number of fused-ring (bicyclic) bond motifs is 1. The molecular formula is C21H24ClN3O. The number of aryl methyl sites for hydroxylation is 1. The maximum Gasteiger partial charge on any atom is 0.142 e. The summed E-state index contributed by atoms with van der Waals surface area (Å²) in [7, 11) is 2.16. The van der Waals surface area contributed by atoms with Crippen molar-refractivity contribution < 1.29 is 4.74 Å². The zero-order valence-electron chi connectivity index (χ0n) is 15.2. The Bertz CT molecular complexity index is 866. The Morgan fingerprint density at radius 2 is 1.96 bits per heavy atom. The highest BCUT2D eigenvalue weighted by molar-refractivity contribution is 6.31. The number of nitrogens with zero attached hydrogens (tertiary/aromatic N) is 2. The van der Waals surface area contributed by atoms with E-state index in [0.29, 0.717) is 0 Å². The van der Waals surface area contributed by atoms with E-state index < -0.39 is 0 Å². The van der Waals surface area contributed by atoms with E-state index in [9.17, 15) is 0 Å². The fraction of sp³-hybridized carbons (Fsp3) is 0.381. The van der Waals surface area contributed by atoms with Crippen LogP contribution in [0.2, 0.25) is 5.02 Å². The highest BCUT2D eigenvalue weighted by atomic mass is 35.5. The molecule has 1 atom stereocenters. The molecule has 4 rings (SSSR count). The molecule has 0 bridgehead atoms. The number of para-hydroxylation sites is 2. The molecule has 5 heteroatoms. The van der Waals surface area contributed by atoms with E-state index in [1.165, 1.54) is 0 Å². The Morgan fingerprint density at radius 3 is 2.69 bits per heavy atom. The third kappa shape index (κ3) is 3.63. The van der Waals surface area contributed by atoms with E-state index in [1.807, 2.05) is 37.3 Å². The number of ether oxygens (including phenoxy) is 1. The van der Waals surface area contributed by atoms with Crippen LogP contribution in [0, 0.1) is 6.92 Å². The minimum atomic E-state index is -0.288. The van der Waals surface area contributed by atoms with Gasteiger partial charge in [0.1, 0.15) is 11.9 Å². The maximum atomic E-state index is 6.58. The first-order valence-corrected chi connectivity index (χ1v) is 9.52. The van der Waals surface area contributed by atoms with Gasteiger partial charge in [-0.25, -0.2) is 4.98 Å². The van der Waals surface area contributed by atoms with Gasteiger partial charge in [-0.15, -0.1) is 0 Å². The molecule has 3 aromatic rings. The fourth-order valence-electron chi connectivity index (χ4n) is 3.54. The lowest BCUT2D eigenvalue weighted by Crippen LogP contribution is -2.35. The number of hydrogen-bond acceptors (Lipinski definition) is 3. The topological polar surface area (TPSA) is 41.1 Å². The predicted octanol–water partition coefficient (Wildman–Crippen LogP) is 4.72. The zero-order valence-corrected chi connectivity index (χ0v) is 16.0. The standard InChI is InChI=1S/C21H24ClN3O/c1-14-7-8-16(17(22)13-14)20(26-15-9-11-25(2)12-10-15)21-23-18-5-3-4-6-19(18)24-21/h3-8,13,15,20H,9-12H2,1-2H3,(H,23,24). The Balaban J connectivity index is 1.70. The van der Waals surface area contributed by atoms with Crippen LogP contribution in [0.5, 0.6) is 0 Å². The van der Waals surface area contributed by atoms with Crippen molar-refractivity contribution in [2.45, 2.75) is 32.0 Å². The van der Waals surface area contributed by atoms with Gasteiger partial charge in [-0.2, -0.15) is 0 Å². The van der Waals surface area contributed by atoms with Gasteiger partial charge in [0.05, 0.1) is 17.1 Å². The van der Waals surface area contributed by atoms with E-state index in [1.54, 1.807) is 0 Å². The number of H-pyrrole nitrogens is 1. The summed E-state index contributed by atoms with van der Waals surface area (Å²) in [6.07, 6.45) is 1.97. The van der Waals surface area contributed by atoms with Gasteiger partial charge in [-0.1, -0.05) is 35.9 Å². The largest absolute Gasteiger partial charge is 0.362 e. The Labute approximate surface area is 159 Å². The number of aromatic amines is 1. The van der Waals surface area contributed by atoms with Gasteiger partial charge in [0.15, 0.2) is 0 Å². The molecule has 0 saturated carbocycles. The number of halogens is 1. The van der Waals surface area contributed by atoms with Crippen molar-refractivity contribution in [2.75, 3.05) is 20.1 Å². The van der Waals surface area contributed by atoms with Crippen molar-refractivity contribution in [3.8, 4) is 0 Å². The van der Waals surface area contributed by atoms with E-state index in [2.05, 4.69) is 29.1 Å². The number of benzene rings is 2. The molecule has 2 heterocycles. The van der Waals surface area contributed by atoms with Crippen LogP contribution in [0.3, 0.4) is 0 Å². The summed E-state index contributed by atoms with van der Waals surface area (Å²) in [5.74, 6) is 0.816. The second-order valence-electron chi connectivity index (χ2n) is 7.18. The molecule has 1 aromatic heterocycles. The molecule has 1 saturated heterocycles. The van der Waals surface area contributed by atoms with E-state index in [0.717, 1.165) is 58.9 Å². The predicted molar refractivity (Wildman–Crippen MR) is 106 cm³/mol. The summed E-state index contributed by atoms with van der Waals surface area (Å²) in [6, 6.07) is 14.2. The van der Waals surface area contributed by atoms with Gasteiger partial charge in [0, 0.05) is 23.7 Å². The third-order valence-electron chi connectivity index (χ3n) is 5.09. The molecule has 0 aliphatic carbocycles. The van der Waals surface area contributed by atoms with Crippen LogP contribution in [0.15, 0.2) is 42.5 Å². The zero-order chi connectivity index (χ0) is 18.1. The highest BCUT2D eigenvalue weighted by Crippen LogP contribution is 2.34. The lowest BCUT2D eigenvalue weighted by molar-refractivity contribution is -0.0263. The molecule has 26 heavy (non-hydrogen) atoms. The Kier molecular flexibility index (Phi) is 4.98. The van der Waals surface area contributed by atoms with Gasteiger partial charge >= 0.3 is 0 Å². The number of imidazole rings is 1. The molecule has 4 nitrogen and oxygen atoms in total. The van der Waals surface area contributed by atoms with Crippen LogP contribution in [0.1, 0.15) is 35.9 Å². The summed E-state index contributed by atoms with van der Waals surface area (Å²) in [5, 5.41) is 0.725. The fourth-order valence-corrected chi connectivity index (χ4v) is 3.87. The van der Waals surface area contributed by atoms with Crippen molar-refractivity contribution in [1.82, 2.24) is 14.9 Å². The van der Waals surface area contributed by atoms with Crippen LogP contribution in [0.25, 0.3) is 11.0 Å². The third-order valence-corrected chi connectivity index (χ3v) is 5.42. The molecule has 1 aliphatic heterocycles. The first-order valence-electron chi connectivity index (χ1n) is 9.15. The first-order chi connectivity index (χ1) is 12.6. The van der Waals surface area contributed by atoms with Crippen LogP contribution in [-0.4, -0.2) is 41.1 Å². The summed E-state index contributed by atoms with van der Waals surface area (Å²) in [5.41, 5.74) is 4.07. The van der Waals surface area contributed by atoms with Crippen LogP contribution in [-0.2, 0) is 4.74 Å². The van der Waals surface area contributed by atoms with Gasteiger partial charge in [-0.05, 0) is 50.6 Å². The minimum absolute atomic E-state index is 0.210. The van der Waals surface area contributed by atoms with Gasteiger partial charge in [0.25, 0.3) is 0 Å². The lowest BCUT2D eigenvalue weighted by Gasteiger charge is -2.31. The van der Waals surface area contributed by atoms with Gasteiger partial charge < -0.3 is 14.6 Å². The summed E-state index contributed by atoms with van der Waals surface area (Å²) in [6.45, 7) is 4.15. The Morgan fingerprint density at radius 1 is 1.19 bits per heavy atom. The SMILES string of the molecule is Cc1ccc(C(OC2CCN(C)CC2)c2nc3ccccc3[nH]2)c(Cl)c1. The average Bonchev–Trinajstić information content (AvgIpc) is 3.06. The number of aromatic nitrogens is 2. The number of nitrogens with one attached hydrogen (secondary N) is 1. The number of hydrogen-bond donors (Lipinski definition) is 1. The smallest absolute Gasteiger partial charge is 0.142 e. The molecule has 1 N–H and O–H groups in total. The normalized spacial score (nSPS) is 17.7. The van der Waals surface area contributed by atoms with Gasteiger partial charge in [-0.3, -0.25) is 0 Å². The van der Waals surface area contributed by atoms with E-state index in [4.69, 9.17) is 21.3 Å². The molecule has 1 fully saturated rings. The van der Waals surface area contributed by atoms with Crippen molar-refractivity contribution >= 4 is 22.6 Å². The van der Waals surface area contributed by atoms with Crippen molar-refractivity contribution in [3.05, 3.63) is 64.4 Å². The number of likely N-dealkylation sites (tertiary alicyclic amines) is 1. The lowest BCUT2D eigenvalue weighted by atomic mass is 10.0. The molecule has 136 valence electrons. The quantitative estimate of drug-likeness (QED) is 0.723. The summed E-state index contributed by atoms with van der Waals surface area (Å²) < 4.78 is 6.56. The number of rotatable bonds is 4. The van der Waals surface area contributed by atoms with Crippen molar-refractivity contribution in [1.29, 1.82) is 0 Å². The number of piperidine rings is 1. The minimum Gasteiger partial charge on any atom is -0.362 e. The van der Waals surface area contributed by atoms with Crippen LogP contribution < -0.4 is 0 Å². The molecule has 0 amide bonds. The van der Waals surface area contributed by atoms with E-state index in [-0.39, 0.29) is 12.2 Å².